The maximum atomic E-state index is 12.0. The number of carbonyl (C=O) groups is 1. The molecular weight excluding hydrogens is 292 g/mol. The lowest BCUT2D eigenvalue weighted by atomic mass is 10.2. The molecule has 1 heterocycles. The Bertz CT molecular complexity index is 664. The van der Waals surface area contributed by atoms with E-state index < -0.39 is 11.7 Å². The van der Waals surface area contributed by atoms with Crippen molar-refractivity contribution in [3.05, 3.63) is 54.7 Å². The van der Waals surface area contributed by atoms with Gasteiger partial charge >= 0.3 is 6.09 Å². The minimum absolute atomic E-state index is 0.240. The summed E-state index contributed by atoms with van der Waals surface area (Å²) in [5, 5.41) is 5.65. The highest BCUT2D eigenvalue weighted by Gasteiger charge is 2.17. The molecule has 0 radical (unpaired) electrons. The van der Waals surface area contributed by atoms with Crippen LogP contribution in [0.4, 0.5) is 16.3 Å². The van der Waals surface area contributed by atoms with Crippen LogP contribution < -0.4 is 10.6 Å². The van der Waals surface area contributed by atoms with Crippen molar-refractivity contribution in [1.29, 1.82) is 0 Å². The van der Waals surface area contributed by atoms with E-state index in [1.54, 1.807) is 39.1 Å². The average Bonchev–Trinajstić information content (AvgIpc) is 2.47. The van der Waals surface area contributed by atoms with Crippen molar-refractivity contribution in [1.82, 2.24) is 10.3 Å². The van der Waals surface area contributed by atoms with Gasteiger partial charge in [-0.15, -0.1) is 0 Å². The zero-order chi connectivity index (χ0) is 16.7. The van der Waals surface area contributed by atoms with Gasteiger partial charge in [0.1, 0.15) is 5.60 Å². The number of aromatic nitrogens is 1. The molecule has 2 aromatic rings. The molecule has 0 saturated carbocycles. The third-order valence-electron chi connectivity index (χ3n) is 2.53. The van der Waals surface area contributed by atoms with E-state index in [9.17, 15) is 4.79 Å². The Morgan fingerprint density at radius 3 is 2.39 bits per heavy atom. The Morgan fingerprint density at radius 1 is 1.09 bits per heavy atom. The highest BCUT2D eigenvalue weighted by molar-refractivity contribution is 6.03. The number of pyridine rings is 1. The van der Waals surface area contributed by atoms with Crippen molar-refractivity contribution >= 4 is 23.6 Å². The number of anilines is 1. The van der Waals surface area contributed by atoms with Gasteiger partial charge in [0.15, 0.2) is 5.82 Å². The summed E-state index contributed by atoms with van der Waals surface area (Å²) in [5.41, 5.74) is 0.200. The van der Waals surface area contributed by atoms with E-state index in [2.05, 4.69) is 20.6 Å². The number of nitrogens with one attached hydrogen (secondary N) is 2. The summed E-state index contributed by atoms with van der Waals surface area (Å²) < 4.78 is 5.25. The molecule has 0 saturated heterocycles. The molecule has 6 heteroatoms. The van der Waals surface area contributed by atoms with Crippen LogP contribution in [0.15, 0.2) is 59.7 Å². The molecule has 1 aromatic heterocycles. The number of rotatable bonds is 2. The molecule has 120 valence electrons. The molecular formula is C17H20N4O2. The van der Waals surface area contributed by atoms with Gasteiger partial charge in [-0.1, -0.05) is 24.3 Å². The standard InChI is InChI=1S/C17H20N4O2/c1-17(2,3)23-16(22)21-15(19-13-9-5-4-6-10-13)20-14-11-7-8-12-18-14/h4-12H,1-3H3,(H2,18,19,20,21,22). The summed E-state index contributed by atoms with van der Waals surface area (Å²) in [4.78, 5) is 20.4. The third-order valence-corrected chi connectivity index (χ3v) is 2.53. The number of amides is 1. The van der Waals surface area contributed by atoms with Crippen molar-refractivity contribution < 1.29 is 9.53 Å². The predicted molar refractivity (Wildman–Crippen MR) is 90.8 cm³/mol. The molecule has 23 heavy (non-hydrogen) atoms. The van der Waals surface area contributed by atoms with Crippen molar-refractivity contribution in [3.8, 4) is 0 Å². The number of guanidine groups is 1. The Labute approximate surface area is 135 Å². The first-order valence-corrected chi connectivity index (χ1v) is 7.24. The van der Waals surface area contributed by atoms with Crippen LogP contribution in [0, 0.1) is 0 Å². The van der Waals surface area contributed by atoms with Crippen LogP contribution in [-0.4, -0.2) is 22.6 Å². The first kappa shape index (κ1) is 16.5. The fraction of sp³-hybridized carbons (Fsp3) is 0.235. The number of hydrogen-bond donors (Lipinski definition) is 2. The second-order valence-corrected chi connectivity index (χ2v) is 5.77. The van der Waals surface area contributed by atoms with Gasteiger partial charge in [-0.25, -0.2) is 9.78 Å². The lowest BCUT2D eigenvalue weighted by Crippen LogP contribution is -2.39. The summed E-state index contributed by atoms with van der Waals surface area (Å²) in [5.74, 6) is 0.714. The quantitative estimate of drug-likeness (QED) is 0.655. The molecule has 0 fully saturated rings. The van der Waals surface area contributed by atoms with Crippen LogP contribution in [0.3, 0.4) is 0 Å². The predicted octanol–water partition coefficient (Wildman–Crippen LogP) is 3.71. The van der Waals surface area contributed by atoms with Gasteiger partial charge in [-0.05, 0) is 45.0 Å². The molecule has 1 amide bonds. The largest absolute Gasteiger partial charge is 0.444 e. The van der Waals surface area contributed by atoms with Gasteiger partial charge in [-0.2, -0.15) is 4.99 Å². The minimum atomic E-state index is -0.590. The highest BCUT2D eigenvalue weighted by Crippen LogP contribution is 2.10. The Morgan fingerprint density at radius 2 is 1.78 bits per heavy atom. The number of carbonyl (C=O) groups excluding carboxylic acids is 1. The monoisotopic (exact) mass is 312 g/mol. The summed E-state index contributed by atoms with van der Waals surface area (Å²) in [6.07, 6.45) is 1.04. The molecule has 2 rings (SSSR count). The first-order valence-electron chi connectivity index (χ1n) is 7.24. The molecule has 1 aromatic carbocycles. The van der Waals surface area contributed by atoms with Gasteiger partial charge in [-0.3, -0.25) is 5.32 Å². The van der Waals surface area contributed by atoms with Crippen molar-refractivity contribution in [2.24, 2.45) is 4.99 Å². The van der Waals surface area contributed by atoms with Crippen LogP contribution in [0.25, 0.3) is 0 Å². The molecule has 0 aliphatic carbocycles. The van der Waals surface area contributed by atoms with Gasteiger partial charge in [0.25, 0.3) is 0 Å². The molecule has 0 aliphatic heterocycles. The fourth-order valence-electron chi connectivity index (χ4n) is 1.68. The zero-order valence-electron chi connectivity index (χ0n) is 13.4. The number of hydrogen-bond acceptors (Lipinski definition) is 4. The maximum absolute atomic E-state index is 12.0. The smallest absolute Gasteiger partial charge is 0.414 e. The van der Waals surface area contributed by atoms with Crippen molar-refractivity contribution in [2.45, 2.75) is 26.4 Å². The van der Waals surface area contributed by atoms with E-state index in [1.807, 2.05) is 36.4 Å². The summed E-state index contributed by atoms with van der Waals surface area (Å²) >= 11 is 0. The van der Waals surface area contributed by atoms with Crippen LogP contribution in [0.1, 0.15) is 20.8 Å². The lowest BCUT2D eigenvalue weighted by molar-refractivity contribution is 0.0563. The second kappa shape index (κ2) is 7.40. The summed E-state index contributed by atoms with van der Waals surface area (Å²) in [6, 6.07) is 14.8. The van der Waals surface area contributed by atoms with Gasteiger partial charge in [0, 0.05) is 11.9 Å². The summed E-state index contributed by atoms with van der Waals surface area (Å²) in [7, 11) is 0. The molecule has 6 nitrogen and oxygen atoms in total. The zero-order valence-corrected chi connectivity index (χ0v) is 13.4. The molecule has 0 spiro atoms. The summed E-state index contributed by atoms with van der Waals surface area (Å²) in [6.45, 7) is 5.40. The normalized spacial score (nSPS) is 11.7. The fourth-order valence-corrected chi connectivity index (χ4v) is 1.68. The van der Waals surface area contributed by atoms with Crippen LogP contribution in [-0.2, 0) is 4.74 Å². The van der Waals surface area contributed by atoms with Gasteiger partial charge in [0.2, 0.25) is 5.96 Å². The van der Waals surface area contributed by atoms with Gasteiger partial charge in [0.05, 0.1) is 0 Å². The van der Waals surface area contributed by atoms with E-state index in [-0.39, 0.29) is 5.96 Å². The number of nitrogens with zero attached hydrogens (tertiary/aromatic N) is 2. The Balaban J connectivity index is 2.18. The topological polar surface area (TPSA) is 75.6 Å². The molecule has 2 N–H and O–H groups in total. The molecule has 0 unspecified atom stereocenters. The Kier molecular flexibility index (Phi) is 5.30. The van der Waals surface area contributed by atoms with E-state index in [1.165, 1.54) is 0 Å². The number of alkyl carbamates (subject to hydrolysis) is 1. The van der Waals surface area contributed by atoms with Crippen LogP contribution in [0.2, 0.25) is 0 Å². The number of para-hydroxylation sites is 1. The number of aliphatic imine (C=N–C) groups is 1. The Hall–Kier alpha value is -2.89. The molecule has 0 aliphatic rings. The average molecular weight is 312 g/mol. The van der Waals surface area contributed by atoms with Crippen molar-refractivity contribution in [2.75, 3.05) is 5.32 Å². The minimum Gasteiger partial charge on any atom is -0.444 e. The van der Waals surface area contributed by atoms with E-state index in [0.717, 1.165) is 5.69 Å². The third kappa shape index (κ3) is 6.17. The number of ether oxygens (including phenoxy) is 1. The first-order chi connectivity index (χ1) is 10.9. The van der Waals surface area contributed by atoms with Crippen LogP contribution >= 0.6 is 0 Å². The molecule has 0 atom stereocenters. The van der Waals surface area contributed by atoms with Crippen LogP contribution in [0.5, 0.6) is 0 Å². The maximum Gasteiger partial charge on any atom is 0.414 e. The second-order valence-electron chi connectivity index (χ2n) is 5.77. The number of benzene rings is 1. The van der Waals surface area contributed by atoms with E-state index in [0.29, 0.717) is 5.82 Å². The van der Waals surface area contributed by atoms with E-state index in [4.69, 9.17) is 4.74 Å². The SMILES string of the molecule is CC(C)(C)OC(=O)N/C(=N\c1ccccn1)Nc1ccccc1. The van der Waals surface area contributed by atoms with Crippen molar-refractivity contribution in [3.63, 3.8) is 0 Å². The van der Waals surface area contributed by atoms with Gasteiger partial charge < -0.3 is 10.1 Å². The highest BCUT2D eigenvalue weighted by atomic mass is 16.6. The van der Waals surface area contributed by atoms with E-state index >= 15 is 0 Å². The molecule has 0 bridgehead atoms. The lowest BCUT2D eigenvalue weighted by Gasteiger charge is -2.20.